The normalized spacial score (nSPS) is 5.00. The molecule has 0 atom stereocenters. The van der Waals surface area contributed by atoms with E-state index in [0.29, 0.717) is 6.79 Å². The Kier molecular flexibility index (Phi) is 236. The zero-order valence-electron chi connectivity index (χ0n) is 6.23. The lowest BCUT2D eigenvalue weighted by Crippen LogP contribution is -1.87. The van der Waals surface area contributed by atoms with E-state index in [-0.39, 0.29) is 29.7 Å². The Hall–Kier alpha value is -0.0800. The van der Waals surface area contributed by atoms with E-state index in [1.807, 2.05) is 0 Å². The lowest BCUT2D eigenvalue weighted by Gasteiger charge is -1.87. The summed E-state index contributed by atoms with van der Waals surface area (Å²) in [5.74, 6) is 0. The average molecular weight is 184 g/mol. The van der Waals surface area contributed by atoms with Crippen molar-refractivity contribution < 1.29 is 9.47 Å². The second kappa shape index (κ2) is 69.9. The predicted octanol–water partition coefficient (Wildman–Crippen LogP) is 4.20. The summed E-state index contributed by atoms with van der Waals surface area (Å²) in [6.07, 6.45) is 1.25. The Morgan fingerprint density at radius 3 is 0.917 bits per heavy atom. The van der Waals surface area contributed by atoms with Crippen molar-refractivity contribution in [3.8, 4) is 0 Å². The van der Waals surface area contributed by atoms with Crippen LogP contribution < -0.4 is 0 Å². The van der Waals surface area contributed by atoms with Crippen molar-refractivity contribution in [3.63, 3.8) is 0 Å². The molecule has 0 aliphatic heterocycles. The van der Waals surface area contributed by atoms with Crippen molar-refractivity contribution >= 4 is 0 Å². The molecule has 0 rings (SSSR count). The molecule has 0 saturated heterocycles. The Bertz CT molecular complexity index is 21.8. The number of methoxy groups -OCH3 is 2. The molecule has 0 aromatic rings. The zero-order chi connectivity index (χ0) is 6.83. The summed E-state index contributed by atoms with van der Waals surface area (Å²) in [6.45, 7) is 4.64. The van der Waals surface area contributed by atoms with E-state index >= 15 is 0 Å². The average Bonchev–Trinajstić information content (AvgIpc) is 1.71. The summed E-state index contributed by atoms with van der Waals surface area (Å²) in [5, 5.41) is 0. The molecule has 0 aliphatic rings. The first-order valence-corrected chi connectivity index (χ1v) is 2.81. The van der Waals surface area contributed by atoms with Gasteiger partial charge >= 0.3 is 0 Å². The van der Waals surface area contributed by atoms with Crippen LogP contribution in [0.1, 0.15) is 50.0 Å². The van der Waals surface area contributed by atoms with Crippen LogP contribution in [0.2, 0.25) is 0 Å². The minimum absolute atomic E-state index is 0. The standard InChI is InChI=1S/C3H8O2.C3H8.4CH4/c1-4-3-5-2;1-3-2;;;;/h3H2,1-2H3;3H2,1-2H3;4*1H4. The van der Waals surface area contributed by atoms with Crippen LogP contribution in [0, 0.1) is 0 Å². The number of hydrogen-bond acceptors (Lipinski definition) is 2. The molecule has 2 heteroatoms. The van der Waals surface area contributed by atoms with Crippen LogP contribution in [-0.4, -0.2) is 21.0 Å². The van der Waals surface area contributed by atoms with Gasteiger partial charge in [-0.1, -0.05) is 50.0 Å². The van der Waals surface area contributed by atoms with Gasteiger partial charge in [-0.25, -0.2) is 0 Å². The van der Waals surface area contributed by atoms with Crippen molar-refractivity contribution in [2.45, 2.75) is 50.0 Å². The van der Waals surface area contributed by atoms with E-state index in [2.05, 4.69) is 23.3 Å². The Morgan fingerprint density at radius 2 is 0.917 bits per heavy atom. The highest BCUT2D eigenvalue weighted by molar-refractivity contribution is 3.92. The van der Waals surface area contributed by atoms with Gasteiger partial charge in [0.15, 0.2) is 0 Å². The van der Waals surface area contributed by atoms with Gasteiger partial charge in [0, 0.05) is 14.2 Å². The predicted molar refractivity (Wildman–Crippen MR) is 61.8 cm³/mol. The molecule has 12 heavy (non-hydrogen) atoms. The zero-order valence-corrected chi connectivity index (χ0v) is 6.23. The van der Waals surface area contributed by atoms with Gasteiger partial charge in [-0.2, -0.15) is 0 Å². The second-order valence-corrected chi connectivity index (χ2v) is 1.40. The first-order chi connectivity index (χ1) is 3.83. The SMILES string of the molecule is C.C.C.C.CCC.COCOC. The lowest BCUT2D eigenvalue weighted by atomic mass is 10.6. The number of rotatable bonds is 2. The summed E-state index contributed by atoms with van der Waals surface area (Å²) in [6, 6.07) is 0. The second-order valence-electron chi connectivity index (χ2n) is 1.40. The quantitative estimate of drug-likeness (QED) is 0.599. The molecule has 0 amide bonds. The van der Waals surface area contributed by atoms with Crippen LogP contribution in [0.5, 0.6) is 0 Å². The third-order valence-electron chi connectivity index (χ3n) is 0.236. The van der Waals surface area contributed by atoms with Gasteiger partial charge in [-0.3, -0.25) is 0 Å². The van der Waals surface area contributed by atoms with E-state index in [1.165, 1.54) is 6.42 Å². The summed E-state index contributed by atoms with van der Waals surface area (Å²) in [4.78, 5) is 0. The molecule has 0 aliphatic carbocycles. The van der Waals surface area contributed by atoms with Crippen LogP contribution in [0.25, 0.3) is 0 Å². The fraction of sp³-hybridized carbons (Fsp3) is 1.00. The molecule has 0 radical (unpaired) electrons. The summed E-state index contributed by atoms with van der Waals surface area (Å²) in [7, 11) is 3.17. The van der Waals surface area contributed by atoms with E-state index < -0.39 is 0 Å². The monoisotopic (exact) mass is 184 g/mol. The van der Waals surface area contributed by atoms with Crippen LogP contribution >= 0.6 is 0 Å². The van der Waals surface area contributed by atoms with E-state index in [0.717, 1.165) is 0 Å². The maximum Gasteiger partial charge on any atom is 0.145 e. The van der Waals surface area contributed by atoms with Gasteiger partial charge in [0.1, 0.15) is 6.79 Å². The van der Waals surface area contributed by atoms with E-state index in [1.54, 1.807) is 14.2 Å². The van der Waals surface area contributed by atoms with Gasteiger partial charge in [0.2, 0.25) is 0 Å². The maximum absolute atomic E-state index is 4.47. The molecule has 2 nitrogen and oxygen atoms in total. The minimum Gasteiger partial charge on any atom is -0.359 e. The minimum atomic E-state index is 0. The Morgan fingerprint density at radius 1 is 0.750 bits per heavy atom. The first-order valence-electron chi connectivity index (χ1n) is 2.81. The maximum atomic E-state index is 4.47. The highest BCUT2D eigenvalue weighted by atomic mass is 16.6. The van der Waals surface area contributed by atoms with Gasteiger partial charge < -0.3 is 9.47 Å². The molecule has 0 fully saturated rings. The van der Waals surface area contributed by atoms with Crippen LogP contribution in [0.4, 0.5) is 0 Å². The van der Waals surface area contributed by atoms with Crippen molar-refractivity contribution in [1.29, 1.82) is 0 Å². The molecule has 0 saturated carbocycles. The van der Waals surface area contributed by atoms with Gasteiger partial charge in [-0.05, 0) is 0 Å². The van der Waals surface area contributed by atoms with Crippen molar-refractivity contribution in [3.05, 3.63) is 0 Å². The van der Waals surface area contributed by atoms with Crippen LogP contribution in [0.3, 0.4) is 0 Å². The smallest absolute Gasteiger partial charge is 0.145 e. The summed E-state index contributed by atoms with van der Waals surface area (Å²) >= 11 is 0. The highest BCUT2D eigenvalue weighted by Crippen LogP contribution is 1.60. The first kappa shape index (κ1) is 40.6. The van der Waals surface area contributed by atoms with Gasteiger partial charge in [0.25, 0.3) is 0 Å². The molecular weight excluding hydrogens is 152 g/mol. The lowest BCUT2D eigenvalue weighted by molar-refractivity contribution is -0.00271. The molecule has 0 unspecified atom stereocenters. The van der Waals surface area contributed by atoms with Crippen molar-refractivity contribution in [2.75, 3.05) is 21.0 Å². The fourth-order valence-electron chi connectivity index (χ4n) is 0.118. The van der Waals surface area contributed by atoms with Crippen molar-refractivity contribution in [1.82, 2.24) is 0 Å². The molecule has 0 bridgehead atoms. The van der Waals surface area contributed by atoms with Crippen molar-refractivity contribution in [2.24, 2.45) is 0 Å². The molecule has 0 aromatic carbocycles. The highest BCUT2D eigenvalue weighted by Gasteiger charge is 1.63. The number of hydrogen-bond donors (Lipinski definition) is 0. The van der Waals surface area contributed by atoms with Gasteiger partial charge in [-0.15, -0.1) is 0 Å². The Labute approximate surface area is 81.3 Å². The van der Waals surface area contributed by atoms with E-state index in [4.69, 9.17) is 0 Å². The topological polar surface area (TPSA) is 18.5 Å². The van der Waals surface area contributed by atoms with Crippen LogP contribution in [-0.2, 0) is 9.47 Å². The molecule has 0 aromatic heterocycles. The largest absolute Gasteiger partial charge is 0.359 e. The number of ether oxygens (including phenoxy) is 2. The molecule has 0 spiro atoms. The van der Waals surface area contributed by atoms with Gasteiger partial charge in [0.05, 0.1) is 0 Å². The van der Waals surface area contributed by atoms with Crippen LogP contribution in [0.15, 0.2) is 0 Å². The van der Waals surface area contributed by atoms with E-state index in [9.17, 15) is 0 Å². The summed E-state index contributed by atoms with van der Waals surface area (Å²) in [5.41, 5.74) is 0. The molecule has 84 valence electrons. The third-order valence-corrected chi connectivity index (χ3v) is 0.236. The molecule has 0 N–H and O–H groups in total. The Balaban J connectivity index is -0.0000000119. The summed E-state index contributed by atoms with van der Waals surface area (Å²) < 4.78 is 8.94. The molecule has 0 heterocycles. The molecular formula is C10H32O2. The fourth-order valence-corrected chi connectivity index (χ4v) is 0.118. The third kappa shape index (κ3) is 214.